The molecule has 0 aliphatic carbocycles. The molecule has 1 aromatic carbocycles. The van der Waals surface area contributed by atoms with Crippen LogP contribution in [-0.2, 0) is 4.74 Å². The summed E-state index contributed by atoms with van der Waals surface area (Å²) < 4.78 is 33.2. The summed E-state index contributed by atoms with van der Waals surface area (Å²) in [7, 11) is 0. The molecular formula is C14H11F2NO4S. The third kappa shape index (κ3) is 2.02. The number of carbonyl (C=O) groups excluding carboxylic acids is 1. The van der Waals surface area contributed by atoms with Crippen molar-refractivity contribution in [1.82, 2.24) is 4.57 Å². The first-order valence-electron chi connectivity index (χ1n) is 6.51. The van der Waals surface area contributed by atoms with Gasteiger partial charge in [0.1, 0.15) is 10.9 Å². The van der Waals surface area contributed by atoms with Gasteiger partial charge in [-0.05, 0) is 13.0 Å². The van der Waals surface area contributed by atoms with Gasteiger partial charge in [-0.25, -0.2) is 13.6 Å². The summed E-state index contributed by atoms with van der Waals surface area (Å²) >= 11 is 1.11. The maximum atomic E-state index is 13.5. The van der Waals surface area contributed by atoms with Crippen LogP contribution in [0, 0.1) is 11.6 Å². The molecule has 3 rings (SSSR count). The zero-order valence-corrected chi connectivity index (χ0v) is 12.2. The number of benzene rings is 1. The lowest BCUT2D eigenvalue weighted by atomic mass is 10.1. The van der Waals surface area contributed by atoms with Gasteiger partial charge >= 0.3 is 5.97 Å². The van der Waals surface area contributed by atoms with E-state index in [1.807, 2.05) is 0 Å². The first-order valence-corrected chi connectivity index (χ1v) is 7.39. The third-order valence-corrected chi connectivity index (χ3v) is 4.63. The quantitative estimate of drug-likeness (QED) is 0.874. The number of fused-ring (bicyclic) bond motifs is 3. The Balaban J connectivity index is 2.38. The molecule has 2 aromatic rings. The van der Waals surface area contributed by atoms with Crippen molar-refractivity contribution < 1.29 is 23.4 Å². The summed E-state index contributed by atoms with van der Waals surface area (Å²) in [6.45, 7) is 1.42. The maximum absolute atomic E-state index is 13.5. The number of aliphatic hydroxyl groups is 1. The normalized spacial score (nSPS) is 16.3. The Morgan fingerprint density at radius 2 is 2.09 bits per heavy atom. The van der Waals surface area contributed by atoms with Crippen LogP contribution in [0.25, 0.3) is 10.9 Å². The summed E-state index contributed by atoms with van der Waals surface area (Å²) in [4.78, 5) is 24.4. The van der Waals surface area contributed by atoms with Crippen molar-refractivity contribution in [2.24, 2.45) is 0 Å². The van der Waals surface area contributed by atoms with Crippen LogP contribution < -0.4 is 5.43 Å². The number of halogens is 2. The number of aliphatic hydroxyl groups excluding tert-OH is 1. The number of pyridine rings is 1. The fourth-order valence-electron chi connectivity index (χ4n) is 2.42. The number of hydrogen-bond donors (Lipinski definition) is 1. The number of hydrogen-bond acceptors (Lipinski definition) is 5. The van der Waals surface area contributed by atoms with Gasteiger partial charge in [0.25, 0.3) is 0 Å². The van der Waals surface area contributed by atoms with Crippen molar-refractivity contribution in [1.29, 1.82) is 0 Å². The standard InChI is InChI=1S/C14H11F2NO4S/c1-2-21-14(20)11-12(19)6-3-7(15)8(16)4-9(6)17-10(5-18)22-13(11)17/h3-4,10,18H,2,5H2,1H3. The summed E-state index contributed by atoms with van der Waals surface area (Å²) in [5, 5.41) is 9.02. The largest absolute Gasteiger partial charge is 0.462 e. The molecule has 1 aromatic heterocycles. The Morgan fingerprint density at radius 3 is 2.73 bits per heavy atom. The van der Waals surface area contributed by atoms with E-state index in [1.165, 1.54) is 4.57 Å². The molecule has 0 fully saturated rings. The molecule has 0 saturated carbocycles. The van der Waals surface area contributed by atoms with E-state index in [1.54, 1.807) is 6.92 Å². The SMILES string of the molecule is CCOC(=O)c1c2n(c3cc(F)c(F)cc3c1=O)C(CO)S2. The molecule has 1 atom stereocenters. The van der Waals surface area contributed by atoms with Crippen LogP contribution in [0.1, 0.15) is 22.7 Å². The number of aromatic nitrogens is 1. The van der Waals surface area contributed by atoms with Crippen molar-refractivity contribution in [3.8, 4) is 0 Å². The van der Waals surface area contributed by atoms with E-state index in [-0.39, 0.29) is 29.7 Å². The highest BCUT2D eigenvalue weighted by atomic mass is 32.2. The number of carbonyl (C=O) groups is 1. The topological polar surface area (TPSA) is 68.5 Å². The lowest BCUT2D eigenvalue weighted by molar-refractivity contribution is 0.0517. The molecule has 1 unspecified atom stereocenters. The molecule has 0 radical (unpaired) electrons. The number of esters is 1. The van der Waals surface area contributed by atoms with E-state index >= 15 is 0 Å². The molecule has 0 spiro atoms. The van der Waals surface area contributed by atoms with Crippen LogP contribution in [0.4, 0.5) is 8.78 Å². The van der Waals surface area contributed by atoms with Gasteiger partial charge in [-0.3, -0.25) is 4.79 Å². The summed E-state index contributed by atoms with van der Waals surface area (Å²) in [6, 6.07) is 1.66. The molecule has 0 saturated heterocycles. The van der Waals surface area contributed by atoms with Gasteiger partial charge in [-0.2, -0.15) is 0 Å². The second-order valence-corrected chi connectivity index (χ2v) is 5.80. The summed E-state index contributed by atoms with van der Waals surface area (Å²) in [6.07, 6.45) is 0. The molecule has 1 aliphatic heterocycles. The molecule has 22 heavy (non-hydrogen) atoms. The summed E-state index contributed by atoms with van der Waals surface area (Å²) in [5.74, 6) is -3.08. The van der Waals surface area contributed by atoms with E-state index in [9.17, 15) is 23.5 Å². The fourth-order valence-corrected chi connectivity index (χ4v) is 3.54. The number of thioether (sulfide) groups is 1. The van der Waals surface area contributed by atoms with Crippen LogP contribution >= 0.6 is 11.8 Å². The van der Waals surface area contributed by atoms with Gasteiger partial charge in [0.2, 0.25) is 5.43 Å². The predicted molar refractivity (Wildman–Crippen MR) is 76.1 cm³/mol. The first-order chi connectivity index (χ1) is 10.5. The Kier molecular flexibility index (Phi) is 3.65. The molecule has 1 aliphatic rings. The average Bonchev–Trinajstić information content (AvgIpc) is 2.44. The van der Waals surface area contributed by atoms with E-state index < -0.39 is 28.4 Å². The van der Waals surface area contributed by atoms with Crippen molar-refractivity contribution in [3.05, 3.63) is 39.6 Å². The second-order valence-electron chi connectivity index (χ2n) is 4.64. The van der Waals surface area contributed by atoms with Crippen molar-refractivity contribution in [3.63, 3.8) is 0 Å². The molecule has 1 N–H and O–H groups in total. The molecule has 2 heterocycles. The smallest absolute Gasteiger partial charge is 0.344 e. The van der Waals surface area contributed by atoms with Gasteiger partial charge in [0, 0.05) is 11.5 Å². The Morgan fingerprint density at radius 1 is 1.41 bits per heavy atom. The minimum Gasteiger partial charge on any atom is -0.462 e. The molecule has 116 valence electrons. The summed E-state index contributed by atoms with van der Waals surface area (Å²) in [5.41, 5.74) is -0.776. The predicted octanol–water partition coefficient (Wildman–Crippen LogP) is 2.05. The van der Waals surface area contributed by atoms with Crippen LogP contribution in [0.15, 0.2) is 22.0 Å². The zero-order chi connectivity index (χ0) is 16.0. The third-order valence-electron chi connectivity index (χ3n) is 3.37. The number of nitrogens with zero attached hydrogens (tertiary/aromatic N) is 1. The Labute approximate surface area is 127 Å². The highest BCUT2D eigenvalue weighted by Gasteiger charge is 2.35. The van der Waals surface area contributed by atoms with Crippen LogP contribution in [0.5, 0.6) is 0 Å². The highest BCUT2D eigenvalue weighted by molar-refractivity contribution is 8.00. The van der Waals surface area contributed by atoms with E-state index in [0.29, 0.717) is 5.03 Å². The van der Waals surface area contributed by atoms with E-state index in [2.05, 4.69) is 0 Å². The molecule has 0 amide bonds. The molecule has 0 bridgehead atoms. The molecule has 5 nitrogen and oxygen atoms in total. The van der Waals surface area contributed by atoms with Crippen molar-refractivity contribution in [2.75, 3.05) is 13.2 Å². The fraction of sp³-hybridized carbons (Fsp3) is 0.286. The van der Waals surface area contributed by atoms with E-state index in [4.69, 9.17) is 4.74 Å². The Bertz CT molecular complexity index is 849. The average molecular weight is 327 g/mol. The lowest BCUT2D eigenvalue weighted by Gasteiger charge is -2.34. The monoisotopic (exact) mass is 327 g/mol. The molecular weight excluding hydrogens is 316 g/mol. The van der Waals surface area contributed by atoms with Gasteiger partial charge < -0.3 is 14.4 Å². The maximum Gasteiger partial charge on any atom is 0.344 e. The lowest BCUT2D eigenvalue weighted by Crippen LogP contribution is -2.31. The second kappa shape index (κ2) is 5.36. The van der Waals surface area contributed by atoms with Gasteiger partial charge in [-0.1, -0.05) is 11.8 Å². The first kappa shape index (κ1) is 15.0. The van der Waals surface area contributed by atoms with Gasteiger partial charge in [0.05, 0.1) is 23.8 Å². The van der Waals surface area contributed by atoms with Gasteiger partial charge in [0.15, 0.2) is 11.6 Å². The molecule has 8 heteroatoms. The Hall–Kier alpha value is -1.93. The van der Waals surface area contributed by atoms with E-state index in [0.717, 1.165) is 23.9 Å². The number of ether oxygens (including phenoxy) is 1. The minimum absolute atomic E-state index is 0.0849. The van der Waals surface area contributed by atoms with Crippen LogP contribution in [-0.4, -0.2) is 28.9 Å². The van der Waals surface area contributed by atoms with Gasteiger partial charge in [-0.15, -0.1) is 0 Å². The van der Waals surface area contributed by atoms with Crippen LogP contribution in [0.3, 0.4) is 0 Å². The van der Waals surface area contributed by atoms with Crippen LogP contribution in [0.2, 0.25) is 0 Å². The van der Waals surface area contributed by atoms with Crippen molar-refractivity contribution in [2.45, 2.75) is 17.3 Å². The highest BCUT2D eigenvalue weighted by Crippen LogP contribution is 2.46. The van der Waals surface area contributed by atoms with Crippen molar-refractivity contribution >= 4 is 28.6 Å². The minimum atomic E-state index is -1.17. The zero-order valence-electron chi connectivity index (χ0n) is 11.4. The number of rotatable bonds is 3.